The van der Waals surface area contributed by atoms with Gasteiger partial charge in [-0.15, -0.1) is 12.4 Å². The number of carbonyl (C=O) groups is 2. The van der Waals surface area contributed by atoms with Gasteiger partial charge in [-0.05, 0) is 55.9 Å². The summed E-state index contributed by atoms with van der Waals surface area (Å²) < 4.78 is 0. The van der Waals surface area contributed by atoms with Crippen molar-refractivity contribution in [2.24, 2.45) is 17.6 Å². The molecule has 0 spiro atoms. The molecule has 4 N–H and O–H groups in total. The predicted molar refractivity (Wildman–Crippen MR) is 103 cm³/mol. The minimum absolute atomic E-state index is 0. The number of nitrogens with two attached hydrogens (primary N) is 1. The molecule has 1 aliphatic carbocycles. The highest BCUT2D eigenvalue weighted by atomic mass is 35.5. The molecular weight excluding hydrogens is 354 g/mol. The molecule has 1 saturated heterocycles. The molecule has 2 amide bonds. The van der Waals surface area contributed by atoms with Crippen LogP contribution in [0.25, 0.3) is 0 Å². The monoisotopic (exact) mass is 381 g/mol. The molecule has 6 nitrogen and oxygen atoms in total. The largest absolute Gasteiger partial charge is 0.508 e. The summed E-state index contributed by atoms with van der Waals surface area (Å²) in [5.41, 5.74) is 6.74. The van der Waals surface area contributed by atoms with Gasteiger partial charge >= 0.3 is 0 Å². The number of rotatable bonds is 4. The van der Waals surface area contributed by atoms with Crippen LogP contribution < -0.4 is 11.1 Å². The van der Waals surface area contributed by atoms with Crippen LogP contribution in [-0.4, -0.2) is 41.0 Å². The van der Waals surface area contributed by atoms with Gasteiger partial charge in [0.25, 0.3) is 0 Å². The Balaban J connectivity index is 0.00000243. The van der Waals surface area contributed by atoms with E-state index in [1.54, 1.807) is 24.3 Å². The fraction of sp³-hybridized carbons (Fsp3) is 0.579. The topological polar surface area (TPSA) is 95.7 Å². The second-order valence-corrected chi connectivity index (χ2v) is 7.25. The Morgan fingerprint density at radius 1 is 1.12 bits per heavy atom. The van der Waals surface area contributed by atoms with Crippen molar-refractivity contribution in [2.75, 3.05) is 18.4 Å². The highest BCUT2D eigenvalue weighted by Crippen LogP contribution is 2.28. The van der Waals surface area contributed by atoms with Crippen molar-refractivity contribution >= 4 is 29.9 Å². The lowest BCUT2D eigenvalue weighted by Crippen LogP contribution is -2.42. The molecule has 144 valence electrons. The molecule has 26 heavy (non-hydrogen) atoms. The number of likely N-dealkylation sites (tertiary alicyclic amines) is 1. The van der Waals surface area contributed by atoms with Crippen LogP contribution >= 0.6 is 12.4 Å². The summed E-state index contributed by atoms with van der Waals surface area (Å²) in [7, 11) is 0. The number of phenols is 1. The van der Waals surface area contributed by atoms with E-state index in [9.17, 15) is 14.7 Å². The first-order chi connectivity index (χ1) is 12.0. The van der Waals surface area contributed by atoms with E-state index in [0.29, 0.717) is 44.0 Å². The van der Waals surface area contributed by atoms with Gasteiger partial charge in [0, 0.05) is 37.2 Å². The summed E-state index contributed by atoms with van der Waals surface area (Å²) in [6, 6.07) is 6.61. The van der Waals surface area contributed by atoms with E-state index in [4.69, 9.17) is 5.73 Å². The van der Waals surface area contributed by atoms with Crippen LogP contribution in [0.3, 0.4) is 0 Å². The number of carbonyl (C=O) groups excluding carboxylic acids is 2. The zero-order valence-corrected chi connectivity index (χ0v) is 15.7. The molecule has 0 radical (unpaired) electrons. The number of phenolic OH excluding ortho intramolecular Hbond substituents is 1. The second-order valence-electron chi connectivity index (χ2n) is 7.25. The van der Waals surface area contributed by atoms with Gasteiger partial charge in [0.15, 0.2) is 0 Å². The van der Waals surface area contributed by atoms with E-state index in [2.05, 4.69) is 5.32 Å². The zero-order valence-electron chi connectivity index (χ0n) is 14.9. The highest BCUT2D eigenvalue weighted by molar-refractivity contribution is 5.92. The number of piperidine rings is 1. The Morgan fingerprint density at radius 2 is 1.77 bits per heavy atom. The lowest BCUT2D eigenvalue weighted by Gasteiger charge is -2.32. The molecule has 0 unspecified atom stereocenters. The fourth-order valence-corrected chi connectivity index (χ4v) is 3.85. The maximum atomic E-state index is 12.4. The number of nitrogens with zero attached hydrogens (tertiary/aromatic N) is 1. The molecule has 3 rings (SSSR count). The molecule has 7 heteroatoms. The number of hydrogen-bond acceptors (Lipinski definition) is 4. The van der Waals surface area contributed by atoms with Gasteiger partial charge in [0.2, 0.25) is 11.8 Å². The van der Waals surface area contributed by atoms with Crippen molar-refractivity contribution in [3.05, 3.63) is 24.3 Å². The quantitative estimate of drug-likeness (QED) is 0.698. The van der Waals surface area contributed by atoms with Gasteiger partial charge in [-0.3, -0.25) is 9.59 Å². The Bertz CT molecular complexity index is 615. The van der Waals surface area contributed by atoms with Crippen molar-refractivity contribution < 1.29 is 14.7 Å². The number of nitrogens with one attached hydrogen (secondary N) is 1. The molecular formula is C19H28ClN3O3. The summed E-state index contributed by atoms with van der Waals surface area (Å²) >= 11 is 0. The standard InChI is InChI=1S/C19H27N3O3.ClH/c20-17-3-1-2-14(17)12-18(24)22-10-8-13(9-11-22)19(25)21-15-4-6-16(23)7-5-15;/h4-7,13-14,17,23H,1-3,8-12,20H2,(H,21,25);1H/t14-,17+;/m0./s1. The summed E-state index contributed by atoms with van der Waals surface area (Å²) in [5, 5.41) is 12.2. The third kappa shape index (κ3) is 5.11. The van der Waals surface area contributed by atoms with E-state index in [0.717, 1.165) is 19.3 Å². The van der Waals surface area contributed by atoms with E-state index in [1.807, 2.05) is 4.90 Å². The first kappa shape index (κ1) is 20.5. The Morgan fingerprint density at radius 3 is 2.35 bits per heavy atom. The zero-order chi connectivity index (χ0) is 17.8. The van der Waals surface area contributed by atoms with Crippen LogP contribution in [0.1, 0.15) is 38.5 Å². The van der Waals surface area contributed by atoms with Gasteiger partial charge in [0.1, 0.15) is 5.75 Å². The van der Waals surface area contributed by atoms with Crippen molar-refractivity contribution in [1.82, 2.24) is 4.90 Å². The van der Waals surface area contributed by atoms with Crippen LogP contribution in [0.4, 0.5) is 5.69 Å². The molecule has 1 aliphatic heterocycles. The minimum Gasteiger partial charge on any atom is -0.508 e. The van der Waals surface area contributed by atoms with Crippen molar-refractivity contribution in [3.63, 3.8) is 0 Å². The van der Waals surface area contributed by atoms with Crippen LogP contribution in [-0.2, 0) is 9.59 Å². The first-order valence-corrected chi connectivity index (χ1v) is 9.16. The molecule has 2 aliphatic rings. The average Bonchev–Trinajstić information content (AvgIpc) is 3.02. The molecule has 1 saturated carbocycles. The number of anilines is 1. The normalized spacial score (nSPS) is 23.3. The van der Waals surface area contributed by atoms with Crippen LogP contribution in [0, 0.1) is 11.8 Å². The minimum atomic E-state index is -0.0772. The number of benzene rings is 1. The van der Waals surface area contributed by atoms with Crippen LogP contribution in [0.15, 0.2) is 24.3 Å². The van der Waals surface area contributed by atoms with Crippen molar-refractivity contribution in [3.8, 4) is 5.75 Å². The maximum Gasteiger partial charge on any atom is 0.227 e. The van der Waals surface area contributed by atoms with Gasteiger partial charge in [-0.25, -0.2) is 0 Å². The number of aromatic hydroxyl groups is 1. The first-order valence-electron chi connectivity index (χ1n) is 9.16. The summed E-state index contributed by atoms with van der Waals surface area (Å²) in [5.74, 6) is 0.580. The van der Waals surface area contributed by atoms with Gasteiger partial charge in [-0.2, -0.15) is 0 Å². The van der Waals surface area contributed by atoms with E-state index < -0.39 is 0 Å². The molecule has 1 aromatic rings. The number of halogens is 1. The van der Waals surface area contributed by atoms with Crippen LogP contribution in [0.2, 0.25) is 0 Å². The Labute approximate surface area is 160 Å². The molecule has 0 aromatic heterocycles. The van der Waals surface area contributed by atoms with E-state index in [1.165, 1.54) is 0 Å². The van der Waals surface area contributed by atoms with Gasteiger partial charge in [-0.1, -0.05) is 6.42 Å². The van der Waals surface area contributed by atoms with Crippen LogP contribution in [0.5, 0.6) is 5.75 Å². The summed E-state index contributed by atoms with van der Waals surface area (Å²) in [6.45, 7) is 1.27. The number of amides is 2. The average molecular weight is 382 g/mol. The van der Waals surface area contributed by atoms with E-state index >= 15 is 0 Å². The lowest BCUT2D eigenvalue weighted by atomic mass is 9.94. The van der Waals surface area contributed by atoms with E-state index in [-0.39, 0.29) is 41.9 Å². The summed E-state index contributed by atoms with van der Waals surface area (Å²) in [6.07, 6.45) is 5.12. The highest BCUT2D eigenvalue weighted by Gasteiger charge is 2.31. The molecule has 1 aromatic carbocycles. The Hall–Kier alpha value is -1.79. The molecule has 1 heterocycles. The summed E-state index contributed by atoms with van der Waals surface area (Å²) in [4.78, 5) is 26.7. The van der Waals surface area contributed by atoms with Gasteiger partial charge < -0.3 is 21.1 Å². The maximum absolute atomic E-state index is 12.4. The molecule has 2 atom stereocenters. The Kier molecular flexibility index (Phi) is 7.29. The van der Waals surface area contributed by atoms with Crippen molar-refractivity contribution in [1.29, 1.82) is 0 Å². The molecule has 0 bridgehead atoms. The third-order valence-corrected chi connectivity index (χ3v) is 5.51. The lowest BCUT2D eigenvalue weighted by molar-refractivity contribution is -0.135. The smallest absolute Gasteiger partial charge is 0.227 e. The van der Waals surface area contributed by atoms with Crippen molar-refractivity contribution in [2.45, 2.75) is 44.6 Å². The predicted octanol–water partition coefficient (Wildman–Crippen LogP) is 2.51. The SMILES string of the molecule is Cl.N[C@@H]1CCC[C@H]1CC(=O)N1CCC(C(=O)Nc2ccc(O)cc2)CC1. The third-order valence-electron chi connectivity index (χ3n) is 5.51. The molecule has 2 fully saturated rings. The number of hydrogen-bond donors (Lipinski definition) is 3. The van der Waals surface area contributed by atoms with Gasteiger partial charge in [0.05, 0.1) is 0 Å². The fourth-order valence-electron chi connectivity index (χ4n) is 3.85. The second kappa shape index (κ2) is 9.24.